The van der Waals surface area contributed by atoms with Gasteiger partial charge in [0.05, 0.1) is 23.1 Å². The molecule has 0 aliphatic rings. The zero-order valence-electron chi connectivity index (χ0n) is 18.3. The van der Waals surface area contributed by atoms with Crippen molar-refractivity contribution in [3.63, 3.8) is 0 Å². The molecule has 0 saturated carbocycles. The first kappa shape index (κ1) is 19.9. The van der Waals surface area contributed by atoms with Gasteiger partial charge in [0.1, 0.15) is 5.75 Å². The summed E-state index contributed by atoms with van der Waals surface area (Å²) in [6.45, 7) is 4.55. The van der Waals surface area contributed by atoms with Gasteiger partial charge in [-0.3, -0.25) is 4.79 Å². The molecule has 0 bridgehead atoms. The maximum absolute atomic E-state index is 13.5. The van der Waals surface area contributed by atoms with Gasteiger partial charge in [-0.25, -0.2) is 0 Å². The van der Waals surface area contributed by atoms with E-state index in [-0.39, 0.29) is 5.56 Å². The lowest BCUT2D eigenvalue weighted by Crippen LogP contribution is -2.17. The molecule has 1 N–H and O–H groups in total. The molecule has 3 aromatic carbocycles. The summed E-state index contributed by atoms with van der Waals surface area (Å²) in [4.78, 5) is 13.5. The Morgan fingerprint density at radius 1 is 1.00 bits per heavy atom. The number of fused-ring (bicyclic) bond motifs is 3. The summed E-state index contributed by atoms with van der Waals surface area (Å²) < 4.78 is 13.8. The zero-order valence-corrected chi connectivity index (χ0v) is 18.3. The molecule has 5 rings (SSSR count). The summed E-state index contributed by atoms with van der Waals surface area (Å²) in [5.74, 6) is 1.29. The Morgan fingerprint density at radius 3 is 2.59 bits per heavy atom. The van der Waals surface area contributed by atoms with E-state index < -0.39 is 0 Å². The standard InChI is InChI=1S/C27H24N2O3/c1-4-31-19-12-9-11-18(16-19)23-24-25(20-13-6-8-15-22(20)29(3)27(24)30)32-26(23)28-21-14-7-5-10-17(21)2/h5-16,28H,4H2,1-3H3. The normalized spacial score (nSPS) is 11.2. The van der Waals surface area contributed by atoms with Crippen LogP contribution in [0.4, 0.5) is 11.6 Å². The van der Waals surface area contributed by atoms with Crippen LogP contribution in [0.5, 0.6) is 5.75 Å². The highest BCUT2D eigenvalue weighted by Gasteiger charge is 2.23. The average Bonchev–Trinajstić information content (AvgIpc) is 3.19. The Bertz CT molecular complexity index is 1510. The van der Waals surface area contributed by atoms with Gasteiger partial charge in [-0.05, 0) is 55.3 Å². The van der Waals surface area contributed by atoms with Crippen LogP contribution in [0.15, 0.2) is 82.0 Å². The Balaban J connectivity index is 1.86. The molecule has 0 fully saturated rings. The zero-order chi connectivity index (χ0) is 22.2. The summed E-state index contributed by atoms with van der Waals surface area (Å²) in [5.41, 5.74) is 4.91. The fourth-order valence-electron chi connectivity index (χ4n) is 4.17. The number of aromatic nitrogens is 1. The van der Waals surface area contributed by atoms with E-state index in [1.807, 2.05) is 86.6 Å². The molecule has 2 heterocycles. The number of ether oxygens (including phenoxy) is 1. The number of nitrogens with zero attached hydrogens (tertiary/aromatic N) is 1. The molecule has 5 aromatic rings. The van der Waals surface area contributed by atoms with Crippen molar-refractivity contribution in [2.75, 3.05) is 11.9 Å². The second-order valence-corrected chi connectivity index (χ2v) is 7.79. The Kier molecular flexibility index (Phi) is 4.94. The molecule has 2 aromatic heterocycles. The number of aryl methyl sites for hydroxylation is 2. The minimum atomic E-state index is -0.0999. The topological polar surface area (TPSA) is 56.4 Å². The molecule has 5 heteroatoms. The largest absolute Gasteiger partial charge is 0.494 e. The van der Waals surface area contributed by atoms with E-state index in [0.29, 0.717) is 23.5 Å². The third kappa shape index (κ3) is 3.23. The van der Waals surface area contributed by atoms with Crippen molar-refractivity contribution in [3.05, 3.63) is 88.7 Å². The average molecular weight is 425 g/mol. The molecule has 0 spiro atoms. The Hall–Kier alpha value is -3.99. The lowest BCUT2D eigenvalue weighted by molar-refractivity contribution is 0.340. The number of nitrogens with one attached hydrogen (secondary N) is 1. The molecule has 0 atom stereocenters. The van der Waals surface area contributed by atoms with Crippen molar-refractivity contribution in [2.45, 2.75) is 13.8 Å². The van der Waals surface area contributed by atoms with Gasteiger partial charge >= 0.3 is 0 Å². The minimum absolute atomic E-state index is 0.0999. The van der Waals surface area contributed by atoms with Crippen LogP contribution in [0.3, 0.4) is 0 Å². The monoisotopic (exact) mass is 424 g/mol. The first-order valence-corrected chi connectivity index (χ1v) is 10.7. The van der Waals surface area contributed by atoms with Crippen LogP contribution in [-0.4, -0.2) is 11.2 Å². The number of para-hydroxylation sites is 2. The highest BCUT2D eigenvalue weighted by molar-refractivity contribution is 6.11. The van der Waals surface area contributed by atoms with Gasteiger partial charge in [-0.2, -0.15) is 0 Å². The summed E-state index contributed by atoms with van der Waals surface area (Å²) >= 11 is 0. The van der Waals surface area contributed by atoms with Crippen molar-refractivity contribution in [1.82, 2.24) is 4.57 Å². The third-order valence-corrected chi connectivity index (χ3v) is 5.76. The molecule has 32 heavy (non-hydrogen) atoms. The predicted molar refractivity (Wildman–Crippen MR) is 130 cm³/mol. The number of benzene rings is 3. The van der Waals surface area contributed by atoms with E-state index in [1.165, 1.54) is 0 Å². The number of rotatable bonds is 5. The van der Waals surface area contributed by atoms with E-state index in [2.05, 4.69) is 5.32 Å². The quantitative estimate of drug-likeness (QED) is 0.355. The molecule has 5 nitrogen and oxygen atoms in total. The predicted octanol–water partition coefficient (Wildman–Crippen LogP) is 6.40. The van der Waals surface area contributed by atoms with Gasteiger partial charge < -0.3 is 19.0 Å². The van der Waals surface area contributed by atoms with Crippen LogP contribution >= 0.6 is 0 Å². The summed E-state index contributed by atoms with van der Waals surface area (Å²) in [5, 5.41) is 4.88. The van der Waals surface area contributed by atoms with E-state index in [0.717, 1.165) is 39.0 Å². The fraction of sp³-hybridized carbons (Fsp3) is 0.148. The maximum Gasteiger partial charge on any atom is 0.262 e. The first-order valence-electron chi connectivity index (χ1n) is 10.7. The SMILES string of the molecule is CCOc1cccc(-c2c(Nc3ccccc3C)oc3c2c(=O)n(C)c2ccccc32)c1. The van der Waals surface area contributed by atoms with E-state index in [9.17, 15) is 4.79 Å². The summed E-state index contributed by atoms with van der Waals surface area (Å²) in [7, 11) is 1.80. The van der Waals surface area contributed by atoms with E-state index in [1.54, 1.807) is 11.6 Å². The maximum atomic E-state index is 13.5. The van der Waals surface area contributed by atoms with Crippen molar-refractivity contribution < 1.29 is 9.15 Å². The van der Waals surface area contributed by atoms with Crippen molar-refractivity contribution in [3.8, 4) is 16.9 Å². The second-order valence-electron chi connectivity index (χ2n) is 7.79. The lowest BCUT2D eigenvalue weighted by atomic mass is 10.0. The Labute approximate surface area is 185 Å². The molecule has 0 radical (unpaired) electrons. The number of pyridine rings is 1. The van der Waals surface area contributed by atoms with Gasteiger partial charge in [0.2, 0.25) is 5.88 Å². The minimum Gasteiger partial charge on any atom is -0.494 e. The van der Waals surface area contributed by atoms with Crippen LogP contribution in [0.2, 0.25) is 0 Å². The molecule has 0 saturated heterocycles. The van der Waals surface area contributed by atoms with Gasteiger partial charge in [0, 0.05) is 18.1 Å². The van der Waals surface area contributed by atoms with Crippen LogP contribution in [0, 0.1) is 6.92 Å². The lowest BCUT2D eigenvalue weighted by Gasteiger charge is -2.10. The fourth-order valence-corrected chi connectivity index (χ4v) is 4.17. The van der Waals surface area contributed by atoms with Gasteiger partial charge in [0.15, 0.2) is 5.58 Å². The molecule has 0 aliphatic carbocycles. The highest BCUT2D eigenvalue weighted by Crippen LogP contribution is 2.41. The van der Waals surface area contributed by atoms with Crippen LogP contribution in [-0.2, 0) is 7.05 Å². The number of hydrogen-bond acceptors (Lipinski definition) is 4. The second kappa shape index (κ2) is 7.93. The molecule has 0 aliphatic heterocycles. The van der Waals surface area contributed by atoms with Gasteiger partial charge in [-0.1, -0.05) is 42.5 Å². The van der Waals surface area contributed by atoms with Crippen LogP contribution in [0.1, 0.15) is 12.5 Å². The van der Waals surface area contributed by atoms with E-state index >= 15 is 0 Å². The van der Waals surface area contributed by atoms with Crippen molar-refractivity contribution in [2.24, 2.45) is 7.05 Å². The number of furan rings is 1. The van der Waals surface area contributed by atoms with Crippen molar-refractivity contribution in [1.29, 1.82) is 0 Å². The van der Waals surface area contributed by atoms with Crippen molar-refractivity contribution >= 4 is 33.4 Å². The summed E-state index contributed by atoms with van der Waals surface area (Å²) in [6, 6.07) is 23.6. The first-order chi connectivity index (χ1) is 15.6. The van der Waals surface area contributed by atoms with Crippen LogP contribution < -0.4 is 15.6 Å². The smallest absolute Gasteiger partial charge is 0.262 e. The molecular weight excluding hydrogens is 400 g/mol. The van der Waals surface area contributed by atoms with Gasteiger partial charge in [-0.15, -0.1) is 0 Å². The molecular formula is C27H24N2O3. The molecule has 0 unspecified atom stereocenters. The van der Waals surface area contributed by atoms with Gasteiger partial charge in [0.25, 0.3) is 5.56 Å². The van der Waals surface area contributed by atoms with E-state index in [4.69, 9.17) is 9.15 Å². The third-order valence-electron chi connectivity index (χ3n) is 5.76. The number of anilines is 2. The summed E-state index contributed by atoms with van der Waals surface area (Å²) in [6.07, 6.45) is 0. The van der Waals surface area contributed by atoms with Crippen LogP contribution in [0.25, 0.3) is 33.0 Å². The number of hydrogen-bond donors (Lipinski definition) is 1. The molecule has 160 valence electrons. The Morgan fingerprint density at radius 2 is 1.78 bits per heavy atom. The molecule has 0 amide bonds. The highest BCUT2D eigenvalue weighted by atomic mass is 16.5.